The van der Waals surface area contributed by atoms with Gasteiger partial charge in [0, 0.05) is 37.0 Å². The normalized spacial score (nSPS) is 31.0. The monoisotopic (exact) mass is 444 g/mol. The number of esters is 1. The van der Waals surface area contributed by atoms with Crippen molar-refractivity contribution in [2.45, 2.75) is 65.0 Å². The van der Waals surface area contributed by atoms with Crippen LogP contribution in [-0.2, 0) is 27.3 Å². The number of carbonyl (C=O) groups is 3. The van der Waals surface area contributed by atoms with Gasteiger partial charge in [-0.25, -0.2) is 0 Å². The van der Waals surface area contributed by atoms with Gasteiger partial charge < -0.3 is 24.4 Å². The summed E-state index contributed by atoms with van der Waals surface area (Å²) in [5, 5.41) is 6.95. The molecule has 9 heteroatoms. The van der Waals surface area contributed by atoms with Gasteiger partial charge >= 0.3 is 5.97 Å². The number of ether oxygens (including phenoxy) is 1. The molecule has 4 heterocycles. The molecule has 1 N–H and O–H groups in total. The molecule has 4 aliphatic rings. The molecule has 32 heavy (non-hydrogen) atoms. The van der Waals surface area contributed by atoms with Gasteiger partial charge in [0.1, 0.15) is 5.76 Å². The highest BCUT2D eigenvalue weighted by Gasteiger charge is 2.76. The summed E-state index contributed by atoms with van der Waals surface area (Å²) in [5.41, 5.74) is -1.50. The lowest BCUT2D eigenvalue weighted by atomic mass is 9.66. The van der Waals surface area contributed by atoms with E-state index >= 15 is 0 Å². The Morgan fingerprint density at radius 2 is 1.88 bits per heavy atom. The molecule has 0 radical (unpaired) electrons. The minimum atomic E-state index is -1.15. The molecule has 174 valence electrons. The Bertz CT molecular complexity index is 966. The second-order valence-corrected chi connectivity index (χ2v) is 10.4. The Morgan fingerprint density at radius 1 is 1.12 bits per heavy atom. The van der Waals surface area contributed by atoms with Crippen LogP contribution in [0.15, 0.2) is 4.52 Å². The van der Waals surface area contributed by atoms with Crippen LogP contribution < -0.4 is 5.32 Å². The summed E-state index contributed by atoms with van der Waals surface area (Å²) in [5.74, 6) is -0.0925. The van der Waals surface area contributed by atoms with E-state index in [-0.39, 0.29) is 30.0 Å². The summed E-state index contributed by atoms with van der Waals surface area (Å²) >= 11 is 0. The van der Waals surface area contributed by atoms with E-state index in [4.69, 9.17) is 9.26 Å². The van der Waals surface area contributed by atoms with Crippen LogP contribution in [0.5, 0.6) is 0 Å². The topological polar surface area (TPSA) is 105 Å². The first-order chi connectivity index (χ1) is 15.2. The SMILES string of the molecule is CC12CCC(C(=O)N3CCc4onc(C(=O)NCCN5CCCC5)c4C3)(OC1=O)C2(C)C. The zero-order valence-corrected chi connectivity index (χ0v) is 19.2. The minimum Gasteiger partial charge on any atom is -0.448 e. The lowest BCUT2D eigenvalue weighted by molar-refractivity contribution is -0.174. The molecular weight excluding hydrogens is 412 g/mol. The zero-order valence-electron chi connectivity index (χ0n) is 19.2. The zero-order chi connectivity index (χ0) is 22.7. The highest BCUT2D eigenvalue weighted by molar-refractivity contribution is 5.97. The molecule has 2 bridgehead atoms. The Hall–Kier alpha value is -2.42. The molecule has 2 saturated heterocycles. The van der Waals surface area contributed by atoms with E-state index in [1.807, 2.05) is 20.8 Å². The van der Waals surface area contributed by atoms with Crippen molar-refractivity contribution in [3.05, 3.63) is 17.0 Å². The lowest BCUT2D eigenvalue weighted by Crippen LogP contribution is -2.55. The van der Waals surface area contributed by atoms with E-state index in [0.717, 1.165) is 19.6 Å². The molecule has 1 aromatic heterocycles. The third-order valence-corrected chi connectivity index (χ3v) is 8.67. The van der Waals surface area contributed by atoms with Crippen molar-refractivity contribution < 1.29 is 23.6 Å². The second kappa shape index (κ2) is 7.30. The van der Waals surface area contributed by atoms with Crippen molar-refractivity contribution in [2.24, 2.45) is 10.8 Å². The van der Waals surface area contributed by atoms with Gasteiger partial charge in [-0.05, 0) is 45.7 Å². The molecule has 2 amide bonds. The minimum absolute atomic E-state index is 0.177. The van der Waals surface area contributed by atoms with Crippen molar-refractivity contribution >= 4 is 17.8 Å². The standard InChI is InChI=1S/C23H32N4O5/c1-21(2)22(3)7-8-23(21,31-20(22)30)19(29)27-12-6-16-15(14-27)17(25-32-16)18(28)24-9-13-26-10-4-5-11-26/h4-14H2,1-3H3,(H,24,28). The molecule has 1 aliphatic carbocycles. The Morgan fingerprint density at radius 3 is 2.53 bits per heavy atom. The average molecular weight is 445 g/mol. The third kappa shape index (κ3) is 2.86. The number of nitrogens with zero attached hydrogens (tertiary/aromatic N) is 3. The van der Waals surface area contributed by atoms with Gasteiger partial charge in [0.05, 0.1) is 12.0 Å². The van der Waals surface area contributed by atoms with Gasteiger partial charge in [-0.15, -0.1) is 0 Å². The molecule has 3 fully saturated rings. The van der Waals surface area contributed by atoms with Crippen LogP contribution in [0.4, 0.5) is 0 Å². The Kier molecular flexibility index (Phi) is 4.89. The van der Waals surface area contributed by atoms with E-state index < -0.39 is 16.4 Å². The van der Waals surface area contributed by atoms with Crippen molar-refractivity contribution in [2.75, 3.05) is 32.7 Å². The second-order valence-electron chi connectivity index (χ2n) is 10.4. The number of hydrogen-bond donors (Lipinski definition) is 1. The molecule has 9 nitrogen and oxygen atoms in total. The molecule has 1 aromatic rings. The Balaban J connectivity index is 1.30. The summed E-state index contributed by atoms with van der Waals surface area (Å²) in [7, 11) is 0. The van der Waals surface area contributed by atoms with Crippen LogP contribution in [-0.4, -0.2) is 71.1 Å². The highest BCUT2D eigenvalue weighted by Crippen LogP contribution is 2.66. The van der Waals surface area contributed by atoms with Gasteiger partial charge in [0.25, 0.3) is 11.8 Å². The number of likely N-dealkylation sites (tertiary alicyclic amines) is 1. The maximum Gasteiger partial charge on any atom is 0.313 e. The molecule has 0 aromatic carbocycles. The summed E-state index contributed by atoms with van der Waals surface area (Å²) in [6.45, 7) is 10.0. The number of aromatic nitrogens is 1. The van der Waals surface area contributed by atoms with Crippen molar-refractivity contribution in [1.29, 1.82) is 0 Å². The van der Waals surface area contributed by atoms with Crippen LogP contribution >= 0.6 is 0 Å². The summed E-state index contributed by atoms with van der Waals surface area (Å²) in [4.78, 5) is 43.1. The average Bonchev–Trinajstić information content (AvgIpc) is 3.50. The largest absolute Gasteiger partial charge is 0.448 e. The van der Waals surface area contributed by atoms with E-state index in [0.29, 0.717) is 43.7 Å². The van der Waals surface area contributed by atoms with Gasteiger partial charge in [-0.3, -0.25) is 14.4 Å². The first kappa shape index (κ1) is 21.4. The molecule has 0 spiro atoms. The highest BCUT2D eigenvalue weighted by atomic mass is 16.6. The number of carbonyl (C=O) groups excluding carboxylic acids is 3. The predicted octanol–water partition coefficient (Wildman–Crippen LogP) is 1.51. The lowest BCUT2D eigenvalue weighted by Gasteiger charge is -2.39. The fraction of sp³-hybridized carbons (Fsp3) is 0.739. The van der Waals surface area contributed by atoms with Gasteiger partial charge in [0.2, 0.25) is 0 Å². The first-order valence-corrected chi connectivity index (χ1v) is 11.7. The van der Waals surface area contributed by atoms with E-state index in [1.54, 1.807) is 4.90 Å². The molecule has 2 unspecified atom stereocenters. The van der Waals surface area contributed by atoms with Crippen molar-refractivity contribution in [1.82, 2.24) is 20.3 Å². The predicted molar refractivity (Wildman–Crippen MR) is 114 cm³/mol. The summed E-state index contributed by atoms with van der Waals surface area (Å²) in [6, 6.07) is 0. The van der Waals surface area contributed by atoms with Crippen LogP contribution in [0.1, 0.15) is 68.3 Å². The molecule has 1 saturated carbocycles. The molecular formula is C23H32N4O5. The quantitative estimate of drug-likeness (QED) is 0.686. The van der Waals surface area contributed by atoms with E-state index in [9.17, 15) is 14.4 Å². The maximum absolute atomic E-state index is 13.7. The van der Waals surface area contributed by atoms with Gasteiger partial charge in [-0.2, -0.15) is 0 Å². The number of amides is 2. The fourth-order valence-electron chi connectivity index (χ4n) is 5.96. The number of hydrogen-bond acceptors (Lipinski definition) is 7. The number of rotatable bonds is 5. The van der Waals surface area contributed by atoms with Crippen LogP contribution in [0, 0.1) is 10.8 Å². The molecule has 3 aliphatic heterocycles. The smallest absolute Gasteiger partial charge is 0.313 e. The fourth-order valence-corrected chi connectivity index (χ4v) is 5.96. The van der Waals surface area contributed by atoms with Crippen LogP contribution in [0.2, 0.25) is 0 Å². The molecule has 5 rings (SSSR count). The number of nitrogens with one attached hydrogen (secondary N) is 1. The van der Waals surface area contributed by atoms with E-state index in [2.05, 4.69) is 15.4 Å². The van der Waals surface area contributed by atoms with Crippen LogP contribution in [0.25, 0.3) is 0 Å². The Labute approximate surface area is 187 Å². The van der Waals surface area contributed by atoms with Gasteiger partial charge in [0.15, 0.2) is 11.3 Å². The van der Waals surface area contributed by atoms with Gasteiger partial charge in [-0.1, -0.05) is 19.0 Å². The first-order valence-electron chi connectivity index (χ1n) is 11.7. The summed E-state index contributed by atoms with van der Waals surface area (Å²) < 4.78 is 11.2. The summed E-state index contributed by atoms with van der Waals surface area (Å²) in [6.07, 6.45) is 4.07. The number of fused-ring (bicyclic) bond motifs is 3. The molecule has 2 atom stereocenters. The van der Waals surface area contributed by atoms with Crippen molar-refractivity contribution in [3.63, 3.8) is 0 Å². The van der Waals surface area contributed by atoms with Crippen molar-refractivity contribution in [3.8, 4) is 0 Å². The van der Waals surface area contributed by atoms with E-state index in [1.165, 1.54) is 12.8 Å². The third-order valence-electron chi connectivity index (χ3n) is 8.67. The maximum atomic E-state index is 13.7. The van der Waals surface area contributed by atoms with Crippen LogP contribution in [0.3, 0.4) is 0 Å².